The van der Waals surface area contributed by atoms with E-state index >= 15 is 0 Å². The number of fused-ring (bicyclic) bond motifs is 1. The van der Waals surface area contributed by atoms with Gasteiger partial charge in [-0.2, -0.15) is 0 Å². The number of nitrogens with zero attached hydrogens (tertiary/aromatic N) is 5. The van der Waals surface area contributed by atoms with Crippen molar-refractivity contribution in [2.24, 2.45) is 14.1 Å². The first kappa shape index (κ1) is 29.7. The first-order valence-corrected chi connectivity index (χ1v) is 15.3. The Kier molecular flexibility index (Phi) is 12.4. The van der Waals surface area contributed by atoms with Gasteiger partial charge in [-0.3, -0.25) is 18.8 Å². The fourth-order valence-electron chi connectivity index (χ4n) is 5.89. The lowest BCUT2D eigenvalue weighted by Crippen LogP contribution is -2.38. The number of aryl methyl sites for hydroxylation is 2. The van der Waals surface area contributed by atoms with Gasteiger partial charge in [-0.15, -0.1) is 0 Å². The average Bonchev–Trinajstić information content (AvgIpc) is 3.25. The Hall–Kier alpha value is -1.89. The molecule has 2 aromatic heterocycles. The first-order chi connectivity index (χ1) is 18.0. The van der Waals surface area contributed by atoms with Crippen molar-refractivity contribution in [3.63, 3.8) is 0 Å². The van der Waals surface area contributed by atoms with Crippen molar-refractivity contribution in [2.45, 2.75) is 142 Å². The van der Waals surface area contributed by atoms with E-state index in [4.69, 9.17) is 4.98 Å². The standard InChI is InChI=1S/C30H53N5O2/c1-5-6-7-8-9-10-11-12-13-14-15-16-17-19-23-35-26(24-34-22-20-18-21-25(34)2)31-28-27(35)29(36)33(4)30(37)32(28)3/h25H,5-24H2,1-4H3/t25-/m1/s1. The molecule has 7 heteroatoms. The zero-order valence-corrected chi connectivity index (χ0v) is 24.3. The fourth-order valence-corrected chi connectivity index (χ4v) is 5.89. The van der Waals surface area contributed by atoms with E-state index in [1.807, 2.05) is 0 Å². The predicted molar refractivity (Wildman–Crippen MR) is 154 cm³/mol. The van der Waals surface area contributed by atoms with Crippen LogP contribution in [0.4, 0.5) is 0 Å². The highest BCUT2D eigenvalue weighted by Gasteiger charge is 2.24. The van der Waals surface area contributed by atoms with E-state index in [-0.39, 0.29) is 11.2 Å². The van der Waals surface area contributed by atoms with Crippen molar-refractivity contribution in [3.05, 3.63) is 26.7 Å². The van der Waals surface area contributed by atoms with Crippen LogP contribution in [0.1, 0.15) is 129 Å². The zero-order chi connectivity index (χ0) is 26.6. The Bertz CT molecular complexity index is 1070. The lowest BCUT2D eigenvalue weighted by Gasteiger charge is -2.33. The summed E-state index contributed by atoms with van der Waals surface area (Å²) in [6.45, 7) is 7.17. The van der Waals surface area contributed by atoms with Gasteiger partial charge in [-0.1, -0.05) is 96.8 Å². The summed E-state index contributed by atoms with van der Waals surface area (Å²) < 4.78 is 4.87. The highest BCUT2D eigenvalue weighted by molar-refractivity contribution is 5.71. The lowest BCUT2D eigenvalue weighted by atomic mass is 10.0. The summed E-state index contributed by atoms with van der Waals surface area (Å²) in [6, 6.07) is 0.523. The van der Waals surface area contributed by atoms with Crippen LogP contribution in [0.15, 0.2) is 9.59 Å². The SMILES string of the molecule is CCCCCCCCCCCCCCCCn1c(CN2CCCC[C@H]2C)nc2c1c(=O)n(C)c(=O)n2C. The maximum absolute atomic E-state index is 13.1. The predicted octanol–water partition coefficient (Wildman–Crippen LogP) is 6.29. The molecule has 1 fully saturated rings. The molecule has 37 heavy (non-hydrogen) atoms. The van der Waals surface area contributed by atoms with Gasteiger partial charge in [0.15, 0.2) is 11.2 Å². The minimum absolute atomic E-state index is 0.228. The molecular weight excluding hydrogens is 462 g/mol. The summed E-state index contributed by atoms with van der Waals surface area (Å²) in [5, 5.41) is 0. The maximum Gasteiger partial charge on any atom is 0.332 e. The van der Waals surface area contributed by atoms with Crippen LogP contribution < -0.4 is 11.2 Å². The van der Waals surface area contributed by atoms with Crippen LogP contribution in [0.5, 0.6) is 0 Å². The van der Waals surface area contributed by atoms with Gasteiger partial charge in [0.1, 0.15) is 5.82 Å². The Morgan fingerprint density at radius 3 is 1.92 bits per heavy atom. The number of hydrogen-bond acceptors (Lipinski definition) is 4. The topological polar surface area (TPSA) is 65.1 Å². The Morgan fingerprint density at radius 2 is 1.35 bits per heavy atom. The smallest absolute Gasteiger partial charge is 0.321 e. The average molecular weight is 516 g/mol. The molecule has 7 nitrogen and oxygen atoms in total. The van der Waals surface area contributed by atoms with E-state index in [0.29, 0.717) is 17.2 Å². The molecule has 3 rings (SSSR count). The van der Waals surface area contributed by atoms with Gasteiger partial charge < -0.3 is 4.57 Å². The highest BCUT2D eigenvalue weighted by Crippen LogP contribution is 2.21. The number of rotatable bonds is 17. The van der Waals surface area contributed by atoms with Crippen LogP contribution in [0, 0.1) is 0 Å². The van der Waals surface area contributed by atoms with Gasteiger partial charge >= 0.3 is 5.69 Å². The quantitative estimate of drug-likeness (QED) is 0.232. The molecule has 210 valence electrons. The number of hydrogen-bond donors (Lipinski definition) is 0. The number of unbranched alkanes of at least 4 members (excludes halogenated alkanes) is 13. The molecule has 0 aliphatic carbocycles. The van der Waals surface area contributed by atoms with Crippen molar-refractivity contribution >= 4 is 11.2 Å². The molecule has 3 heterocycles. The molecule has 0 spiro atoms. The molecule has 0 aromatic carbocycles. The van der Waals surface area contributed by atoms with Crippen LogP contribution in [-0.4, -0.2) is 36.2 Å². The number of imidazole rings is 1. The van der Waals surface area contributed by atoms with Crippen LogP contribution >= 0.6 is 0 Å². The van der Waals surface area contributed by atoms with Gasteiger partial charge in [-0.05, 0) is 32.7 Å². The minimum atomic E-state index is -0.309. The van der Waals surface area contributed by atoms with E-state index < -0.39 is 0 Å². The van der Waals surface area contributed by atoms with Gasteiger partial charge in [0, 0.05) is 26.7 Å². The second kappa shape index (κ2) is 15.5. The van der Waals surface area contributed by atoms with E-state index in [9.17, 15) is 9.59 Å². The van der Waals surface area contributed by atoms with Crippen LogP contribution in [0.3, 0.4) is 0 Å². The molecule has 1 aliphatic rings. The highest BCUT2D eigenvalue weighted by atomic mass is 16.2. The molecule has 0 amide bonds. The van der Waals surface area contributed by atoms with E-state index in [0.717, 1.165) is 31.9 Å². The molecule has 1 saturated heterocycles. The number of aromatic nitrogens is 4. The normalized spacial score (nSPS) is 16.7. The first-order valence-electron chi connectivity index (χ1n) is 15.3. The summed E-state index contributed by atoms with van der Waals surface area (Å²) in [5.41, 5.74) is 0.572. The van der Waals surface area contributed by atoms with Gasteiger partial charge in [-0.25, -0.2) is 9.78 Å². The van der Waals surface area contributed by atoms with Crippen molar-refractivity contribution in [2.75, 3.05) is 6.54 Å². The summed E-state index contributed by atoms with van der Waals surface area (Å²) in [6.07, 6.45) is 22.3. The van der Waals surface area contributed by atoms with Crippen LogP contribution in [0.2, 0.25) is 0 Å². The van der Waals surface area contributed by atoms with E-state index in [1.54, 1.807) is 14.1 Å². The van der Waals surface area contributed by atoms with Crippen molar-refractivity contribution < 1.29 is 0 Å². The largest absolute Gasteiger partial charge is 0.332 e. The molecule has 1 atom stereocenters. The maximum atomic E-state index is 13.1. The van der Waals surface area contributed by atoms with Gasteiger partial charge in [0.05, 0.1) is 6.54 Å². The summed E-state index contributed by atoms with van der Waals surface area (Å²) in [7, 11) is 3.29. The summed E-state index contributed by atoms with van der Waals surface area (Å²) >= 11 is 0. The van der Waals surface area contributed by atoms with Crippen molar-refractivity contribution in [3.8, 4) is 0 Å². The van der Waals surface area contributed by atoms with E-state index in [2.05, 4.69) is 23.3 Å². The lowest BCUT2D eigenvalue weighted by molar-refractivity contribution is 0.147. The molecule has 2 aromatic rings. The molecular formula is C30H53N5O2. The monoisotopic (exact) mass is 515 g/mol. The van der Waals surface area contributed by atoms with E-state index in [1.165, 1.54) is 112 Å². The molecule has 0 N–H and O–H groups in total. The second-order valence-corrected chi connectivity index (χ2v) is 11.5. The molecule has 0 saturated carbocycles. The fraction of sp³-hybridized carbons (Fsp3) is 0.833. The minimum Gasteiger partial charge on any atom is -0.321 e. The molecule has 0 unspecified atom stereocenters. The number of piperidine rings is 1. The van der Waals surface area contributed by atoms with Crippen molar-refractivity contribution in [1.29, 1.82) is 0 Å². The summed E-state index contributed by atoms with van der Waals surface area (Å²) in [4.78, 5) is 33.0. The Balaban J connectivity index is 1.50. The summed E-state index contributed by atoms with van der Waals surface area (Å²) in [5.74, 6) is 0.928. The van der Waals surface area contributed by atoms with Crippen molar-refractivity contribution in [1.82, 2.24) is 23.6 Å². The third-order valence-electron chi connectivity index (χ3n) is 8.45. The van der Waals surface area contributed by atoms with Gasteiger partial charge in [0.2, 0.25) is 0 Å². The van der Waals surface area contributed by atoms with Crippen LogP contribution in [0.25, 0.3) is 11.2 Å². The van der Waals surface area contributed by atoms with Crippen LogP contribution in [-0.2, 0) is 27.2 Å². The second-order valence-electron chi connectivity index (χ2n) is 11.5. The third kappa shape index (κ3) is 8.30. The molecule has 0 radical (unpaired) electrons. The Morgan fingerprint density at radius 1 is 0.784 bits per heavy atom. The van der Waals surface area contributed by atoms with Gasteiger partial charge in [0.25, 0.3) is 5.56 Å². The third-order valence-corrected chi connectivity index (χ3v) is 8.45. The Labute approximate surface area is 224 Å². The number of likely N-dealkylation sites (tertiary alicyclic amines) is 1. The molecule has 1 aliphatic heterocycles. The molecule has 0 bridgehead atoms. The zero-order valence-electron chi connectivity index (χ0n) is 24.3.